The van der Waals surface area contributed by atoms with Crippen LogP contribution in [-0.4, -0.2) is 81.9 Å². The Morgan fingerprint density at radius 3 is 1.93 bits per heavy atom. The molecule has 1 aromatic rings. The number of hydrogen-bond acceptors (Lipinski definition) is 10. The third kappa shape index (κ3) is 15.7. The van der Waals surface area contributed by atoms with E-state index in [-0.39, 0.29) is 30.2 Å². The Bertz CT molecular complexity index is 1110. The summed E-state index contributed by atoms with van der Waals surface area (Å²) < 4.78 is 0. The lowest BCUT2D eigenvalue weighted by Crippen LogP contribution is -2.58. The number of nitrogens with two attached hydrogens (primary N) is 2. The van der Waals surface area contributed by atoms with Gasteiger partial charge in [-0.25, -0.2) is 10.4 Å². The van der Waals surface area contributed by atoms with Gasteiger partial charge in [0.2, 0.25) is 35.2 Å². The molecule has 0 radical (unpaired) electrons. The van der Waals surface area contributed by atoms with Crippen molar-refractivity contribution in [2.75, 3.05) is 6.54 Å². The van der Waals surface area contributed by atoms with Gasteiger partial charge in [0.05, 0.1) is 24.8 Å². The van der Waals surface area contributed by atoms with Crippen molar-refractivity contribution in [3.63, 3.8) is 0 Å². The molecule has 1 rings (SSSR count). The maximum absolute atomic E-state index is 13.7. The summed E-state index contributed by atoms with van der Waals surface area (Å²) in [6, 6.07) is -4.32. The maximum Gasteiger partial charge on any atom is 0.243 e. The number of hydrazine groups is 1. The van der Waals surface area contributed by atoms with E-state index < -0.39 is 59.9 Å². The SMILES string of the molecule is CC(=O)N[C@H](C)CCCCN[C@@H](CC(C)C)C(=O)C(=O)[C@H](Cc1cnc[nH]1)NC(=O)C(CC(N)=O)NC(=O)[C@H](CC(C)C)NN. The smallest absolute Gasteiger partial charge is 0.243 e. The molecule has 15 heteroatoms. The summed E-state index contributed by atoms with van der Waals surface area (Å²) in [5.74, 6) is 1.78. The molecule has 10 N–H and O–H groups in total. The Balaban J connectivity index is 3.09. The van der Waals surface area contributed by atoms with Crippen LogP contribution in [0.4, 0.5) is 0 Å². The normalized spacial score (nSPS) is 14.7. The molecule has 0 fully saturated rings. The van der Waals surface area contributed by atoms with Gasteiger partial charge in [0.15, 0.2) is 0 Å². The van der Waals surface area contributed by atoms with E-state index >= 15 is 0 Å². The summed E-state index contributed by atoms with van der Waals surface area (Å²) >= 11 is 0. The number of rotatable bonds is 23. The van der Waals surface area contributed by atoms with Gasteiger partial charge in [0.1, 0.15) is 12.1 Å². The first-order valence-electron chi connectivity index (χ1n) is 15.5. The third-order valence-electron chi connectivity index (χ3n) is 7.05. The van der Waals surface area contributed by atoms with Crippen LogP contribution in [0.3, 0.4) is 0 Å². The third-order valence-corrected chi connectivity index (χ3v) is 7.05. The average Bonchev–Trinajstić information content (AvgIpc) is 3.45. The maximum atomic E-state index is 13.7. The van der Waals surface area contributed by atoms with Gasteiger partial charge in [0.25, 0.3) is 0 Å². The second kappa shape index (κ2) is 20.4. The van der Waals surface area contributed by atoms with Crippen molar-refractivity contribution in [2.45, 2.75) is 117 Å². The standard InChI is InChI=1S/C30H53N9O6/c1-17(2)11-22(34-10-8-7-9-19(5)36-20(6)40)27(42)28(43)23(13-21-15-33-16-35-21)37-29(44)24(14-26(31)41)38-30(45)25(39-32)12-18(3)4/h15-19,22-25,34,39H,7-14,32H2,1-6H3,(H2,31,41)(H,33,35)(H,36,40)(H,37,44)(H,38,45)/t19-,22+,23+,24?,25+/m1/s1. The van der Waals surface area contributed by atoms with Gasteiger partial charge in [-0.15, -0.1) is 0 Å². The zero-order valence-corrected chi connectivity index (χ0v) is 27.4. The number of imidazole rings is 1. The largest absolute Gasteiger partial charge is 0.370 e. The highest BCUT2D eigenvalue weighted by Crippen LogP contribution is 2.11. The van der Waals surface area contributed by atoms with Crippen LogP contribution in [0.15, 0.2) is 12.5 Å². The molecule has 0 bridgehead atoms. The van der Waals surface area contributed by atoms with Gasteiger partial charge >= 0.3 is 0 Å². The van der Waals surface area contributed by atoms with Crippen molar-refractivity contribution in [2.24, 2.45) is 23.4 Å². The number of nitrogens with zero attached hydrogens (tertiary/aromatic N) is 1. The van der Waals surface area contributed by atoms with Crippen molar-refractivity contribution < 1.29 is 28.8 Å². The molecule has 0 aliphatic heterocycles. The van der Waals surface area contributed by atoms with Gasteiger partial charge in [-0.2, -0.15) is 0 Å². The molecule has 0 aromatic carbocycles. The van der Waals surface area contributed by atoms with Crippen molar-refractivity contribution in [3.8, 4) is 0 Å². The molecule has 5 atom stereocenters. The first-order chi connectivity index (χ1) is 21.1. The molecule has 0 saturated carbocycles. The summed E-state index contributed by atoms with van der Waals surface area (Å²) in [7, 11) is 0. The van der Waals surface area contributed by atoms with E-state index in [0.29, 0.717) is 25.1 Å². The van der Waals surface area contributed by atoms with Crippen LogP contribution >= 0.6 is 0 Å². The number of hydrogen-bond donors (Lipinski definition) is 8. The molecule has 0 spiro atoms. The second-order valence-electron chi connectivity index (χ2n) is 12.4. The van der Waals surface area contributed by atoms with E-state index in [1.54, 1.807) is 0 Å². The van der Waals surface area contributed by atoms with E-state index in [9.17, 15) is 28.8 Å². The predicted octanol–water partition coefficient (Wildman–Crippen LogP) is -0.487. The number of nitrogens with one attached hydrogen (secondary N) is 6. The highest BCUT2D eigenvalue weighted by atomic mass is 16.2. The lowest BCUT2D eigenvalue weighted by atomic mass is 9.93. The number of aromatic amines is 1. The number of H-pyrrole nitrogens is 1. The molecule has 0 saturated heterocycles. The van der Waals surface area contributed by atoms with E-state index in [1.807, 2.05) is 34.6 Å². The first kappa shape index (κ1) is 39.3. The monoisotopic (exact) mass is 635 g/mol. The summed E-state index contributed by atoms with van der Waals surface area (Å²) in [6.45, 7) is 11.5. The number of primary amides is 1. The van der Waals surface area contributed by atoms with Gasteiger partial charge in [-0.3, -0.25) is 34.6 Å². The Kier molecular flexibility index (Phi) is 17.8. The summed E-state index contributed by atoms with van der Waals surface area (Å²) in [6.07, 6.45) is 5.30. The zero-order valence-electron chi connectivity index (χ0n) is 27.4. The minimum Gasteiger partial charge on any atom is -0.370 e. The van der Waals surface area contributed by atoms with E-state index in [0.717, 1.165) is 19.3 Å². The highest BCUT2D eigenvalue weighted by molar-refractivity contribution is 6.41. The lowest BCUT2D eigenvalue weighted by Gasteiger charge is -2.25. The number of amides is 4. The fourth-order valence-electron chi connectivity index (χ4n) is 4.87. The molecular weight excluding hydrogens is 582 g/mol. The molecule has 0 aliphatic carbocycles. The predicted molar refractivity (Wildman–Crippen MR) is 169 cm³/mol. The number of carbonyl (C=O) groups excluding carboxylic acids is 6. The number of aromatic nitrogens is 2. The average molecular weight is 636 g/mol. The van der Waals surface area contributed by atoms with Crippen molar-refractivity contribution >= 4 is 35.2 Å². The summed E-state index contributed by atoms with van der Waals surface area (Å²) in [5.41, 5.74) is 8.26. The Morgan fingerprint density at radius 2 is 1.40 bits per heavy atom. The molecule has 1 unspecified atom stereocenters. The van der Waals surface area contributed by atoms with Crippen LogP contribution in [0.5, 0.6) is 0 Å². The minimum absolute atomic E-state index is 0.0276. The van der Waals surface area contributed by atoms with Crippen LogP contribution in [0.1, 0.15) is 85.8 Å². The van der Waals surface area contributed by atoms with Crippen molar-refractivity contribution in [1.82, 2.24) is 36.7 Å². The molecule has 4 amide bonds. The van der Waals surface area contributed by atoms with Gasteiger partial charge in [-0.1, -0.05) is 34.1 Å². The van der Waals surface area contributed by atoms with Crippen LogP contribution in [0, 0.1) is 11.8 Å². The quantitative estimate of drug-likeness (QED) is 0.0332. The van der Waals surface area contributed by atoms with E-state index in [4.69, 9.17) is 11.6 Å². The fourth-order valence-corrected chi connectivity index (χ4v) is 4.87. The molecule has 45 heavy (non-hydrogen) atoms. The van der Waals surface area contributed by atoms with Crippen molar-refractivity contribution in [1.29, 1.82) is 0 Å². The van der Waals surface area contributed by atoms with Crippen LogP contribution in [0.2, 0.25) is 0 Å². The lowest BCUT2D eigenvalue weighted by molar-refractivity contribution is -0.140. The number of ketones is 2. The summed E-state index contributed by atoms with van der Waals surface area (Å²) in [4.78, 5) is 83.4. The van der Waals surface area contributed by atoms with Crippen LogP contribution < -0.4 is 38.3 Å². The molecular formula is C30H53N9O6. The summed E-state index contributed by atoms with van der Waals surface area (Å²) in [5, 5.41) is 11.1. The van der Waals surface area contributed by atoms with Crippen LogP contribution in [-0.2, 0) is 35.2 Å². The number of carbonyl (C=O) groups is 6. The Hall–Kier alpha value is -3.69. The number of unbranched alkanes of at least 4 members (excludes halogenated alkanes) is 1. The minimum atomic E-state index is -1.41. The van der Waals surface area contributed by atoms with Crippen molar-refractivity contribution in [3.05, 3.63) is 18.2 Å². The zero-order chi connectivity index (χ0) is 34.1. The fraction of sp³-hybridized carbons (Fsp3) is 0.700. The number of Topliss-reactive ketones (excluding diaryl/α,β-unsaturated/α-hetero) is 2. The second-order valence-corrected chi connectivity index (χ2v) is 12.4. The van der Waals surface area contributed by atoms with E-state index in [1.165, 1.54) is 19.4 Å². The van der Waals surface area contributed by atoms with Crippen LogP contribution in [0.25, 0.3) is 0 Å². The van der Waals surface area contributed by atoms with E-state index in [2.05, 4.69) is 36.7 Å². The first-order valence-corrected chi connectivity index (χ1v) is 15.5. The molecule has 15 nitrogen and oxygen atoms in total. The molecule has 254 valence electrons. The molecule has 0 aliphatic rings. The highest BCUT2D eigenvalue weighted by Gasteiger charge is 2.35. The van der Waals surface area contributed by atoms with Gasteiger partial charge in [0, 0.05) is 31.3 Å². The van der Waals surface area contributed by atoms with Gasteiger partial charge < -0.3 is 32.0 Å². The Morgan fingerprint density at radius 1 is 0.822 bits per heavy atom. The van der Waals surface area contributed by atoms with Gasteiger partial charge in [-0.05, 0) is 51.0 Å². The topological polar surface area (TPSA) is 243 Å². The molecule has 1 aromatic heterocycles. The Labute approximate surface area is 265 Å². The molecule has 1 heterocycles.